The molecule has 1 atom stereocenters. The average molecular weight is 398 g/mol. The molecule has 3 nitrogen and oxygen atoms in total. The third-order valence-corrected chi connectivity index (χ3v) is 5.39. The summed E-state index contributed by atoms with van der Waals surface area (Å²) in [4.78, 5) is 11.3. The Labute approximate surface area is 176 Å². The van der Waals surface area contributed by atoms with E-state index in [9.17, 15) is 0 Å². The number of hydrogen-bond acceptors (Lipinski definition) is 3. The van der Waals surface area contributed by atoms with E-state index in [0.717, 1.165) is 22.3 Å². The molecule has 2 rings (SSSR count). The Morgan fingerprint density at radius 1 is 1.11 bits per heavy atom. The van der Waals surface area contributed by atoms with E-state index >= 15 is 0 Å². The van der Waals surface area contributed by atoms with E-state index in [2.05, 4.69) is 66.5 Å². The molecule has 4 heteroatoms. The molecule has 0 aliphatic carbocycles. The van der Waals surface area contributed by atoms with Crippen LogP contribution in [0, 0.1) is 0 Å². The van der Waals surface area contributed by atoms with Crippen molar-refractivity contribution in [3.63, 3.8) is 0 Å². The van der Waals surface area contributed by atoms with Crippen LogP contribution in [0.4, 0.5) is 0 Å². The molecule has 0 saturated carbocycles. The van der Waals surface area contributed by atoms with Gasteiger partial charge in [0.25, 0.3) is 0 Å². The maximum absolute atomic E-state index is 4.51. The number of hydrogen-bond donors (Lipinski definition) is 0. The fraction of sp³-hybridized carbons (Fsp3) is 0.417. The molecule has 1 aromatic rings. The van der Waals surface area contributed by atoms with Crippen molar-refractivity contribution in [2.24, 2.45) is 9.98 Å². The predicted octanol–water partition coefficient (Wildman–Crippen LogP) is 6.81. The highest BCUT2D eigenvalue weighted by Gasteiger charge is 2.34. The van der Waals surface area contributed by atoms with Crippen LogP contribution in [0.15, 0.2) is 69.9 Å². The van der Waals surface area contributed by atoms with Crippen molar-refractivity contribution in [2.75, 3.05) is 12.8 Å². The van der Waals surface area contributed by atoms with Crippen molar-refractivity contribution in [1.82, 2.24) is 4.90 Å². The average Bonchev–Trinajstić information content (AvgIpc) is 3.12. The molecule has 0 bridgehead atoms. The Bertz CT molecular complexity index is 777. The van der Waals surface area contributed by atoms with Crippen molar-refractivity contribution in [2.45, 2.75) is 54.5 Å². The van der Waals surface area contributed by atoms with Crippen molar-refractivity contribution in [3.05, 3.63) is 65.5 Å². The minimum absolute atomic E-state index is 0.215. The van der Waals surface area contributed by atoms with Gasteiger partial charge in [-0.1, -0.05) is 68.1 Å². The van der Waals surface area contributed by atoms with Crippen molar-refractivity contribution in [3.8, 4) is 0 Å². The van der Waals surface area contributed by atoms with E-state index in [4.69, 9.17) is 0 Å². The minimum Gasteiger partial charge on any atom is -0.313 e. The van der Waals surface area contributed by atoms with Crippen molar-refractivity contribution in [1.29, 1.82) is 0 Å². The zero-order chi connectivity index (χ0) is 21.3. The second-order valence-corrected chi connectivity index (χ2v) is 7.83. The number of aliphatic imine (C=N–C) groups is 2. The van der Waals surface area contributed by atoms with E-state index < -0.39 is 0 Å². The molecule has 1 aromatic carbocycles. The predicted molar refractivity (Wildman–Crippen MR) is 129 cm³/mol. The van der Waals surface area contributed by atoms with Crippen LogP contribution in [0.1, 0.15) is 54.0 Å². The number of rotatable bonds is 5. The topological polar surface area (TPSA) is 28.0 Å². The molecule has 1 aliphatic rings. The van der Waals surface area contributed by atoms with Crippen molar-refractivity contribution >= 4 is 28.2 Å². The van der Waals surface area contributed by atoms with Gasteiger partial charge in [-0.25, -0.2) is 0 Å². The molecule has 0 radical (unpaired) electrons. The minimum atomic E-state index is 0.215. The molecule has 0 aromatic heterocycles. The number of amidine groups is 1. The highest BCUT2D eigenvalue weighted by molar-refractivity contribution is 8.14. The van der Waals surface area contributed by atoms with E-state index in [1.165, 1.54) is 22.3 Å². The zero-order valence-electron chi connectivity index (χ0n) is 18.7. The molecular weight excluding hydrogens is 362 g/mol. The Balaban J connectivity index is 0.00000190. The van der Waals surface area contributed by atoms with Crippen LogP contribution in [0.5, 0.6) is 0 Å². The largest absolute Gasteiger partial charge is 0.313 e. The lowest BCUT2D eigenvalue weighted by atomic mass is 9.97. The maximum Gasteiger partial charge on any atom is 0.164 e. The molecular formula is C24H35N3S. The summed E-state index contributed by atoms with van der Waals surface area (Å²) in [7, 11) is 1.85. The summed E-state index contributed by atoms with van der Waals surface area (Å²) in [5.41, 5.74) is 6.89. The van der Waals surface area contributed by atoms with Gasteiger partial charge in [0.15, 0.2) is 5.17 Å². The van der Waals surface area contributed by atoms with Crippen LogP contribution in [-0.4, -0.2) is 34.6 Å². The van der Waals surface area contributed by atoms with E-state index in [1.807, 2.05) is 47.0 Å². The summed E-state index contributed by atoms with van der Waals surface area (Å²) in [6.45, 7) is 18.9. The second kappa shape index (κ2) is 11.7. The number of allylic oxidation sites excluding steroid dienone is 2. The van der Waals surface area contributed by atoms with Gasteiger partial charge in [0.2, 0.25) is 0 Å². The molecule has 0 spiro atoms. The maximum atomic E-state index is 4.51. The highest BCUT2D eigenvalue weighted by Crippen LogP contribution is 2.37. The first-order valence-electron chi connectivity index (χ1n) is 9.85. The number of benzene rings is 1. The first-order valence-corrected chi connectivity index (χ1v) is 10.8. The monoisotopic (exact) mass is 397 g/mol. The summed E-state index contributed by atoms with van der Waals surface area (Å²) in [6.07, 6.45) is 1.98. The van der Waals surface area contributed by atoms with Crippen LogP contribution >= 0.6 is 11.8 Å². The fourth-order valence-electron chi connectivity index (χ4n) is 3.03. The second-order valence-electron chi connectivity index (χ2n) is 6.84. The Kier molecular flexibility index (Phi) is 10.0. The fourth-order valence-corrected chi connectivity index (χ4v) is 4.25. The van der Waals surface area contributed by atoms with Gasteiger partial charge in [-0.3, -0.25) is 9.98 Å². The van der Waals surface area contributed by atoms with Gasteiger partial charge in [0.05, 0.1) is 6.04 Å². The van der Waals surface area contributed by atoms with Gasteiger partial charge in [-0.05, 0) is 45.8 Å². The van der Waals surface area contributed by atoms with Crippen LogP contribution in [0.25, 0.3) is 5.57 Å². The summed E-state index contributed by atoms with van der Waals surface area (Å²) in [5, 5.41) is 1.01. The van der Waals surface area contributed by atoms with E-state index in [1.54, 1.807) is 11.8 Å². The first kappa shape index (κ1) is 24.0. The van der Waals surface area contributed by atoms with Crippen LogP contribution < -0.4 is 0 Å². The van der Waals surface area contributed by atoms with E-state index in [0.29, 0.717) is 0 Å². The van der Waals surface area contributed by atoms with Crippen LogP contribution in [0.3, 0.4) is 0 Å². The lowest BCUT2D eigenvalue weighted by Gasteiger charge is -2.30. The van der Waals surface area contributed by atoms with Gasteiger partial charge < -0.3 is 4.90 Å². The molecule has 1 aliphatic heterocycles. The normalized spacial score (nSPS) is 17.7. The number of nitrogens with zero attached hydrogens (tertiary/aromatic N) is 3. The summed E-state index contributed by atoms with van der Waals surface area (Å²) in [6, 6.07) is 10.7. The van der Waals surface area contributed by atoms with Crippen molar-refractivity contribution < 1.29 is 0 Å². The number of thioether (sulfide) groups is 1. The highest BCUT2D eigenvalue weighted by atomic mass is 32.2. The van der Waals surface area contributed by atoms with Gasteiger partial charge in [-0.15, -0.1) is 0 Å². The molecule has 1 fully saturated rings. The molecule has 28 heavy (non-hydrogen) atoms. The summed E-state index contributed by atoms with van der Waals surface area (Å²) < 4.78 is 0. The lowest BCUT2D eigenvalue weighted by Crippen LogP contribution is -2.34. The summed E-state index contributed by atoms with van der Waals surface area (Å²) >= 11 is 1.78. The third kappa shape index (κ3) is 5.96. The first-order chi connectivity index (χ1) is 13.4. The Morgan fingerprint density at radius 2 is 1.71 bits per heavy atom. The van der Waals surface area contributed by atoms with Gasteiger partial charge in [0, 0.05) is 36.0 Å². The molecule has 1 unspecified atom stereocenters. The molecule has 0 N–H and O–H groups in total. The Morgan fingerprint density at radius 3 is 2.21 bits per heavy atom. The van der Waals surface area contributed by atoms with Gasteiger partial charge in [-0.2, -0.15) is 0 Å². The summed E-state index contributed by atoms with van der Waals surface area (Å²) in [5.74, 6) is 0.955. The van der Waals surface area contributed by atoms with E-state index in [-0.39, 0.29) is 6.04 Å². The van der Waals surface area contributed by atoms with Gasteiger partial charge in [0.1, 0.15) is 0 Å². The third-order valence-electron chi connectivity index (χ3n) is 4.27. The Hall–Kier alpha value is -2.07. The molecule has 0 amide bonds. The molecule has 152 valence electrons. The SMILES string of the molecule is C=C(C(=C(C)C)c1ccccc1)N1C(=NC)SCC1/C(C)=C/N=C(C)C.CC. The molecule has 1 saturated heterocycles. The lowest BCUT2D eigenvalue weighted by molar-refractivity contribution is 0.484. The molecule has 1 heterocycles. The zero-order valence-corrected chi connectivity index (χ0v) is 19.5. The smallest absolute Gasteiger partial charge is 0.164 e. The van der Waals surface area contributed by atoms with Gasteiger partial charge >= 0.3 is 0 Å². The quantitative estimate of drug-likeness (QED) is 0.403. The van der Waals surface area contributed by atoms with Crippen LogP contribution in [-0.2, 0) is 0 Å². The van der Waals surface area contributed by atoms with Crippen LogP contribution in [0.2, 0.25) is 0 Å². The standard InChI is InChI=1S/C22H29N3S.C2H6/c1-15(2)21(19-11-9-8-10-12-19)18(6)25-20(14-26-22(25)23-7)17(5)13-24-16(3)4;1-2/h8-13,20H,6,14H2,1-5,7H3;1-2H3/b17-13+,23-22?;.